The number of fused-ring (bicyclic) bond motifs is 3. The van der Waals surface area contributed by atoms with Gasteiger partial charge in [0.25, 0.3) is 17.0 Å². The molecule has 21 nitrogen and oxygen atoms in total. The van der Waals surface area contributed by atoms with Gasteiger partial charge in [0.05, 0.1) is 62.7 Å². The number of pyridine rings is 3. The van der Waals surface area contributed by atoms with Gasteiger partial charge in [0.15, 0.2) is 0 Å². The van der Waals surface area contributed by atoms with Crippen molar-refractivity contribution in [3.05, 3.63) is 206 Å². The van der Waals surface area contributed by atoms with Gasteiger partial charge in [-0.1, -0.05) is 91.0 Å². The standard InChI is InChI=1S/C26H25N3O4S2.C22H27N3O4S.C21H22N4O3/c1-2-33-26(32)22-23(27-10-12-28(13-11-27)24(30)21-8-5-14-35-21)19-6-3-4-7-20(19)29(25(22)31)16-18-9-15-34-17-18;1-3-29-22(28)18-19(15-7-4-5-8-16(15)23(2)21(18)27)24-10-12-25(13-11-24)20(26)17-9-6-14-30-17;1-22-18-10-6-5-9-17(18)19(20(21(22)26)25(27)28)24-13-11-23(12-14-24)15-16-7-3-2-4-8-16/h3-9,14-15,17H,2,10-13,16H2,1H3;4-5,7-8,17H,3,6,9-14H2,1-2H3;2-10H,11-15H2,1H3. The van der Waals surface area contributed by atoms with Gasteiger partial charge in [-0.25, -0.2) is 9.59 Å². The van der Waals surface area contributed by atoms with E-state index >= 15 is 0 Å². The molecular formula is C69H74N10O11S3. The smallest absolute Gasteiger partial charge is 0.357 e. The fourth-order valence-corrected chi connectivity index (χ4v) is 15.4. The number of benzene rings is 4. The van der Waals surface area contributed by atoms with Gasteiger partial charge in [-0.3, -0.25) is 39.0 Å². The molecule has 4 saturated heterocycles. The summed E-state index contributed by atoms with van der Waals surface area (Å²) in [5.74, 6) is 0.0745. The van der Waals surface area contributed by atoms with Crippen LogP contribution < -0.4 is 31.4 Å². The number of para-hydroxylation sites is 3. The molecule has 4 aliphatic rings. The highest BCUT2D eigenvalue weighted by molar-refractivity contribution is 8.00. The second-order valence-electron chi connectivity index (χ2n) is 23.0. The SMILES string of the molecule is CCOC(=O)c1c(N2CCN(C(=O)C3CCCS3)CC2)c2ccccc2n(C)c1=O.CCOC(=O)c1c(N2CCN(C(=O)c3cccs3)CC2)c2ccccc2n(Cc2ccsc2)c1=O.Cn1c(=O)c([N+](=O)[O-])c(N2CCN(Cc3ccccc3)CC2)c2ccccc21. The molecule has 4 fully saturated rings. The number of ether oxygens (including phenoxy) is 2. The van der Waals surface area contributed by atoms with Crippen molar-refractivity contribution in [3.63, 3.8) is 0 Å². The summed E-state index contributed by atoms with van der Waals surface area (Å²) in [6.07, 6.45) is 2.05. The summed E-state index contributed by atoms with van der Waals surface area (Å²) in [6.45, 7) is 12.3. The maximum Gasteiger partial charge on any atom is 0.357 e. The van der Waals surface area contributed by atoms with Crippen LogP contribution in [0.5, 0.6) is 0 Å². The summed E-state index contributed by atoms with van der Waals surface area (Å²) in [4.78, 5) is 115. The van der Waals surface area contributed by atoms with Crippen molar-refractivity contribution in [2.45, 2.75) is 45.0 Å². The highest BCUT2D eigenvalue weighted by Crippen LogP contribution is 2.36. The number of rotatable bonds is 14. The number of esters is 2. The summed E-state index contributed by atoms with van der Waals surface area (Å²) in [5.41, 5.74) is 4.67. The number of hydrogen-bond acceptors (Lipinski definition) is 18. The number of anilines is 3. The lowest BCUT2D eigenvalue weighted by molar-refractivity contribution is -0.385. The van der Waals surface area contributed by atoms with Crippen molar-refractivity contribution in [2.75, 3.05) is 112 Å². The quantitative estimate of drug-likeness (QED) is 0.0563. The molecule has 9 aromatic rings. The number of carbonyl (C=O) groups is 4. The van der Waals surface area contributed by atoms with Gasteiger partial charge >= 0.3 is 23.2 Å². The number of thiophene rings is 2. The first-order chi connectivity index (χ1) is 45.2. The molecule has 0 aliphatic carbocycles. The van der Waals surface area contributed by atoms with Crippen LogP contribution >= 0.6 is 34.4 Å². The van der Waals surface area contributed by atoms with E-state index in [0.29, 0.717) is 99.4 Å². The Balaban J connectivity index is 0.000000144. The molecule has 1 unspecified atom stereocenters. The van der Waals surface area contributed by atoms with E-state index in [1.165, 1.54) is 26.0 Å². The van der Waals surface area contributed by atoms with Crippen molar-refractivity contribution in [1.29, 1.82) is 0 Å². The minimum absolute atomic E-state index is 0.0151. The summed E-state index contributed by atoms with van der Waals surface area (Å²) in [7, 11) is 3.26. The van der Waals surface area contributed by atoms with Crippen molar-refractivity contribution in [3.8, 4) is 0 Å². The number of hydrogen-bond donors (Lipinski definition) is 0. The number of thioether (sulfide) groups is 1. The van der Waals surface area contributed by atoms with Crippen LogP contribution in [0.3, 0.4) is 0 Å². The van der Waals surface area contributed by atoms with Crippen molar-refractivity contribution in [2.24, 2.45) is 14.1 Å². The van der Waals surface area contributed by atoms with Crippen LogP contribution in [0.2, 0.25) is 0 Å². The molecule has 9 heterocycles. The second kappa shape index (κ2) is 29.7. The number of aromatic nitrogens is 3. The first kappa shape index (κ1) is 65.4. The fourth-order valence-electron chi connectivity index (χ4n) is 12.8. The van der Waals surface area contributed by atoms with Gasteiger partial charge in [0.2, 0.25) is 5.91 Å². The number of nitrogens with zero attached hydrogens (tertiary/aromatic N) is 10. The van der Waals surface area contributed by atoms with Gasteiger partial charge in [0.1, 0.15) is 16.8 Å². The van der Waals surface area contributed by atoms with E-state index < -0.39 is 22.4 Å². The molecule has 0 saturated carbocycles. The average molecular weight is 1320 g/mol. The van der Waals surface area contributed by atoms with E-state index in [1.807, 2.05) is 145 Å². The van der Waals surface area contributed by atoms with Crippen LogP contribution in [0, 0.1) is 10.1 Å². The van der Waals surface area contributed by atoms with Crippen LogP contribution in [0.4, 0.5) is 22.7 Å². The highest BCUT2D eigenvalue weighted by Gasteiger charge is 2.35. The molecule has 0 N–H and O–H groups in total. The van der Waals surface area contributed by atoms with Crippen LogP contribution in [-0.4, -0.2) is 160 Å². The topological polar surface area (TPSA) is 215 Å². The van der Waals surface area contributed by atoms with E-state index in [9.17, 15) is 43.7 Å². The molecule has 0 radical (unpaired) electrons. The predicted octanol–water partition coefficient (Wildman–Crippen LogP) is 9.34. The lowest BCUT2D eigenvalue weighted by atomic mass is 10.1. The molecular weight excluding hydrogens is 1240 g/mol. The minimum Gasteiger partial charge on any atom is -0.462 e. The molecule has 5 aromatic heterocycles. The normalized spacial score (nSPS) is 16.0. The molecule has 4 aromatic carbocycles. The number of piperazine rings is 3. The minimum atomic E-state index is -0.616. The van der Waals surface area contributed by atoms with E-state index in [1.54, 1.807) is 55.6 Å². The lowest BCUT2D eigenvalue weighted by Gasteiger charge is -2.38. The van der Waals surface area contributed by atoms with Crippen molar-refractivity contribution < 1.29 is 33.6 Å². The van der Waals surface area contributed by atoms with Crippen molar-refractivity contribution in [1.82, 2.24) is 28.4 Å². The molecule has 93 heavy (non-hydrogen) atoms. The molecule has 4 aliphatic heterocycles. The first-order valence-electron chi connectivity index (χ1n) is 31.3. The Morgan fingerprint density at radius 1 is 0.548 bits per heavy atom. The summed E-state index contributed by atoms with van der Waals surface area (Å²) >= 11 is 4.75. The Morgan fingerprint density at radius 3 is 1.60 bits per heavy atom. The summed E-state index contributed by atoms with van der Waals surface area (Å²) in [5, 5.41) is 20.1. The van der Waals surface area contributed by atoms with Crippen LogP contribution in [0.15, 0.2) is 152 Å². The van der Waals surface area contributed by atoms with E-state index in [4.69, 9.17) is 9.47 Å². The zero-order chi connectivity index (χ0) is 65.3. The predicted molar refractivity (Wildman–Crippen MR) is 369 cm³/mol. The third-order valence-corrected chi connectivity index (χ3v) is 20.4. The molecule has 13 rings (SSSR count). The molecule has 0 spiro atoms. The number of nitro groups is 1. The Labute approximate surface area is 549 Å². The molecule has 2 amide bonds. The summed E-state index contributed by atoms with van der Waals surface area (Å²) < 4.78 is 15.1. The largest absolute Gasteiger partial charge is 0.462 e. The van der Waals surface area contributed by atoms with E-state index in [2.05, 4.69) is 21.9 Å². The van der Waals surface area contributed by atoms with E-state index in [-0.39, 0.29) is 58.2 Å². The second-order valence-corrected chi connectivity index (χ2v) is 26.0. The number of aryl methyl sites for hydroxylation is 2. The van der Waals surface area contributed by atoms with Gasteiger partial charge in [-0.15, -0.1) is 23.1 Å². The van der Waals surface area contributed by atoms with E-state index in [0.717, 1.165) is 71.0 Å². The monoisotopic (exact) mass is 1310 g/mol. The molecule has 1 atom stereocenters. The Kier molecular flexibility index (Phi) is 20.9. The lowest BCUT2D eigenvalue weighted by Crippen LogP contribution is -2.51. The van der Waals surface area contributed by atoms with Gasteiger partial charge in [-0.2, -0.15) is 11.3 Å². The molecule has 0 bridgehead atoms. The van der Waals surface area contributed by atoms with Gasteiger partial charge < -0.3 is 47.7 Å². The maximum absolute atomic E-state index is 13.8. The van der Waals surface area contributed by atoms with Gasteiger partial charge in [0, 0.05) is 115 Å². The zero-order valence-corrected chi connectivity index (χ0v) is 54.9. The first-order valence-corrected chi connectivity index (χ1v) is 34.2. The number of carbonyl (C=O) groups excluding carboxylic acids is 4. The number of amides is 2. The highest BCUT2D eigenvalue weighted by atomic mass is 32.2. The van der Waals surface area contributed by atoms with Crippen LogP contribution in [0.25, 0.3) is 32.7 Å². The van der Waals surface area contributed by atoms with Crippen LogP contribution in [-0.2, 0) is 41.5 Å². The third-order valence-electron chi connectivity index (χ3n) is 17.4. The van der Waals surface area contributed by atoms with Crippen molar-refractivity contribution >= 4 is 114 Å². The Morgan fingerprint density at radius 2 is 1.06 bits per heavy atom. The zero-order valence-electron chi connectivity index (χ0n) is 52.5. The fraction of sp³-hybridized carbons (Fsp3) is 0.348. The average Bonchev–Trinajstić information content (AvgIpc) is 1.27. The third kappa shape index (κ3) is 14.0. The molecule has 484 valence electrons. The maximum atomic E-state index is 13.8. The van der Waals surface area contributed by atoms with Crippen LogP contribution in [0.1, 0.15) is 68.2 Å². The molecule has 24 heteroatoms. The van der Waals surface area contributed by atoms with Gasteiger partial charge in [-0.05, 0) is 90.0 Å². The Bertz CT molecular complexity index is 4370. The summed E-state index contributed by atoms with van der Waals surface area (Å²) in [6, 6.07) is 38.6. The Hall–Kier alpha value is -9.10.